The lowest BCUT2D eigenvalue weighted by Crippen LogP contribution is -2.56. The molecule has 0 aromatic rings. The minimum Gasteiger partial charge on any atom is -0.330 e. The quantitative estimate of drug-likeness (QED) is 0.849. The van der Waals surface area contributed by atoms with E-state index in [0.29, 0.717) is 30.0 Å². The van der Waals surface area contributed by atoms with Crippen LogP contribution in [0.25, 0.3) is 0 Å². The van der Waals surface area contributed by atoms with Gasteiger partial charge in [-0.25, -0.2) is 8.42 Å². The first-order chi connectivity index (χ1) is 8.96. The molecule has 1 aliphatic heterocycles. The number of nitrogens with two attached hydrogens (primary N) is 1. The van der Waals surface area contributed by atoms with Crippen LogP contribution in [0, 0.1) is 11.8 Å². The summed E-state index contributed by atoms with van der Waals surface area (Å²) in [4.78, 5) is 2.43. The number of hydrogen-bond donors (Lipinski definition) is 1. The fourth-order valence-electron chi connectivity index (χ4n) is 3.85. The zero-order valence-corrected chi connectivity index (χ0v) is 13.0. The van der Waals surface area contributed by atoms with Crippen molar-refractivity contribution in [2.75, 3.05) is 24.6 Å². The van der Waals surface area contributed by atoms with Crippen molar-refractivity contribution >= 4 is 9.84 Å². The molecule has 1 aliphatic carbocycles. The first-order valence-electron chi connectivity index (χ1n) is 7.63. The molecule has 0 aromatic carbocycles. The highest BCUT2D eigenvalue weighted by molar-refractivity contribution is 7.91. The summed E-state index contributed by atoms with van der Waals surface area (Å²) in [6, 6.07) is 0.641. The second-order valence-electron chi connectivity index (χ2n) is 6.35. The van der Waals surface area contributed by atoms with E-state index in [2.05, 4.69) is 18.7 Å². The highest BCUT2D eigenvalue weighted by Crippen LogP contribution is 2.35. The van der Waals surface area contributed by atoms with Crippen molar-refractivity contribution in [1.82, 2.24) is 4.90 Å². The molecule has 2 aliphatic rings. The van der Waals surface area contributed by atoms with Crippen LogP contribution < -0.4 is 5.73 Å². The predicted octanol–water partition coefficient (Wildman–Crippen LogP) is 1.26. The fraction of sp³-hybridized carbons (Fsp3) is 1.00. The van der Waals surface area contributed by atoms with Crippen molar-refractivity contribution in [3.05, 3.63) is 0 Å². The maximum atomic E-state index is 11.7. The largest absolute Gasteiger partial charge is 0.330 e. The zero-order valence-electron chi connectivity index (χ0n) is 12.2. The molecule has 5 heteroatoms. The zero-order chi connectivity index (χ0) is 14.0. The summed E-state index contributed by atoms with van der Waals surface area (Å²) in [5.74, 6) is 1.98. The van der Waals surface area contributed by atoms with Gasteiger partial charge < -0.3 is 5.73 Å². The first kappa shape index (κ1) is 15.3. The van der Waals surface area contributed by atoms with Crippen LogP contribution in [-0.4, -0.2) is 50.0 Å². The highest BCUT2D eigenvalue weighted by Gasteiger charge is 2.38. The van der Waals surface area contributed by atoms with Gasteiger partial charge in [-0.15, -0.1) is 0 Å². The second-order valence-corrected chi connectivity index (χ2v) is 8.58. The summed E-state index contributed by atoms with van der Waals surface area (Å²) in [6.45, 7) is 5.74. The van der Waals surface area contributed by atoms with Crippen LogP contribution in [0.15, 0.2) is 0 Å². The van der Waals surface area contributed by atoms with Gasteiger partial charge in [0, 0.05) is 18.6 Å². The molecular weight excluding hydrogens is 260 g/mol. The molecule has 0 bridgehead atoms. The van der Waals surface area contributed by atoms with Crippen molar-refractivity contribution in [3.8, 4) is 0 Å². The third-order valence-corrected chi connectivity index (χ3v) is 6.89. The third-order valence-electron chi connectivity index (χ3n) is 5.09. The summed E-state index contributed by atoms with van der Waals surface area (Å²) >= 11 is 0. The summed E-state index contributed by atoms with van der Waals surface area (Å²) < 4.78 is 23.4. The van der Waals surface area contributed by atoms with Gasteiger partial charge in [-0.05, 0) is 38.1 Å². The normalized spacial score (nSPS) is 40.2. The third kappa shape index (κ3) is 3.50. The highest BCUT2D eigenvalue weighted by atomic mass is 32.2. The molecule has 4 unspecified atom stereocenters. The van der Waals surface area contributed by atoms with Crippen molar-refractivity contribution in [2.24, 2.45) is 17.6 Å². The Morgan fingerprint density at radius 1 is 1.32 bits per heavy atom. The Kier molecular flexibility index (Phi) is 4.90. The second kappa shape index (κ2) is 6.10. The van der Waals surface area contributed by atoms with Gasteiger partial charge in [0.25, 0.3) is 0 Å². The SMILES string of the molecule is CCC1CCC(CN)C(N2CCS(=O)(=O)CC2C)C1. The molecule has 1 saturated carbocycles. The topological polar surface area (TPSA) is 63.4 Å². The van der Waals surface area contributed by atoms with Gasteiger partial charge in [-0.1, -0.05) is 19.8 Å². The van der Waals surface area contributed by atoms with Crippen LogP contribution in [0.1, 0.15) is 39.5 Å². The van der Waals surface area contributed by atoms with Crippen molar-refractivity contribution in [1.29, 1.82) is 0 Å². The fourth-order valence-corrected chi connectivity index (χ4v) is 5.43. The Morgan fingerprint density at radius 2 is 2.05 bits per heavy atom. The molecule has 19 heavy (non-hydrogen) atoms. The number of sulfone groups is 1. The molecular formula is C14H28N2O2S. The molecule has 4 atom stereocenters. The Bertz CT molecular complexity index is 396. The van der Waals surface area contributed by atoms with E-state index in [4.69, 9.17) is 5.73 Å². The van der Waals surface area contributed by atoms with E-state index in [0.717, 1.165) is 12.5 Å². The van der Waals surface area contributed by atoms with Crippen molar-refractivity contribution in [3.63, 3.8) is 0 Å². The number of nitrogens with zero attached hydrogens (tertiary/aromatic N) is 1. The summed E-state index contributed by atoms with van der Waals surface area (Å²) in [7, 11) is -2.82. The van der Waals surface area contributed by atoms with E-state index < -0.39 is 9.84 Å². The van der Waals surface area contributed by atoms with Crippen molar-refractivity contribution in [2.45, 2.75) is 51.6 Å². The smallest absolute Gasteiger partial charge is 0.153 e. The van der Waals surface area contributed by atoms with Crippen LogP contribution in [0.2, 0.25) is 0 Å². The van der Waals surface area contributed by atoms with Crippen LogP contribution in [0.4, 0.5) is 0 Å². The van der Waals surface area contributed by atoms with E-state index in [1.807, 2.05) is 0 Å². The molecule has 0 amide bonds. The Balaban J connectivity index is 2.09. The Morgan fingerprint density at radius 3 is 2.63 bits per heavy atom. The van der Waals surface area contributed by atoms with E-state index in [1.165, 1.54) is 25.7 Å². The van der Waals surface area contributed by atoms with Gasteiger partial charge >= 0.3 is 0 Å². The summed E-state index contributed by atoms with van der Waals surface area (Å²) in [5.41, 5.74) is 5.94. The van der Waals surface area contributed by atoms with Gasteiger partial charge in [0.15, 0.2) is 9.84 Å². The maximum absolute atomic E-state index is 11.7. The van der Waals surface area contributed by atoms with Gasteiger partial charge in [0.2, 0.25) is 0 Å². The maximum Gasteiger partial charge on any atom is 0.153 e. The average molecular weight is 288 g/mol. The lowest BCUT2D eigenvalue weighted by Gasteiger charge is -2.46. The van der Waals surface area contributed by atoms with E-state index >= 15 is 0 Å². The van der Waals surface area contributed by atoms with Gasteiger partial charge in [0.05, 0.1) is 11.5 Å². The van der Waals surface area contributed by atoms with Crippen LogP contribution in [0.3, 0.4) is 0 Å². The van der Waals surface area contributed by atoms with E-state index in [1.54, 1.807) is 0 Å². The molecule has 0 aromatic heterocycles. The minimum atomic E-state index is -2.82. The Hall–Kier alpha value is -0.130. The van der Waals surface area contributed by atoms with E-state index in [-0.39, 0.29) is 6.04 Å². The van der Waals surface area contributed by atoms with Gasteiger partial charge in [0.1, 0.15) is 0 Å². The first-order valence-corrected chi connectivity index (χ1v) is 9.45. The van der Waals surface area contributed by atoms with Crippen molar-refractivity contribution < 1.29 is 8.42 Å². The molecule has 2 N–H and O–H groups in total. The molecule has 1 heterocycles. The molecule has 2 fully saturated rings. The standard InChI is InChI=1S/C14H28N2O2S/c1-3-12-4-5-13(9-15)14(8-12)16-6-7-19(17,18)10-11(16)2/h11-14H,3-10,15H2,1-2H3. The molecule has 4 nitrogen and oxygen atoms in total. The van der Waals surface area contributed by atoms with E-state index in [9.17, 15) is 8.42 Å². The lowest BCUT2D eigenvalue weighted by atomic mass is 9.76. The monoisotopic (exact) mass is 288 g/mol. The minimum absolute atomic E-state index is 0.147. The van der Waals surface area contributed by atoms with Crippen LogP contribution in [-0.2, 0) is 9.84 Å². The number of rotatable bonds is 3. The average Bonchev–Trinajstić information content (AvgIpc) is 2.37. The molecule has 1 saturated heterocycles. The molecule has 0 spiro atoms. The molecule has 112 valence electrons. The van der Waals surface area contributed by atoms with Gasteiger partial charge in [-0.3, -0.25) is 4.90 Å². The van der Waals surface area contributed by atoms with Gasteiger partial charge in [-0.2, -0.15) is 0 Å². The molecule has 2 rings (SSSR count). The summed E-state index contributed by atoms with van der Waals surface area (Å²) in [6.07, 6.45) is 4.92. The van der Waals surface area contributed by atoms with Crippen LogP contribution >= 0.6 is 0 Å². The summed E-state index contributed by atoms with van der Waals surface area (Å²) in [5, 5.41) is 0. The van der Waals surface area contributed by atoms with Crippen LogP contribution in [0.5, 0.6) is 0 Å². The Labute approximate surface area is 117 Å². The molecule has 0 radical (unpaired) electrons. The number of hydrogen-bond acceptors (Lipinski definition) is 4. The lowest BCUT2D eigenvalue weighted by molar-refractivity contribution is 0.0593. The predicted molar refractivity (Wildman–Crippen MR) is 78.8 cm³/mol.